The molecule has 1 saturated carbocycles. The van der Waals surface area contributed by atoms with E-state index >= 15 is 0 Å². The van der Waals surface area contributed by atoms with Gasteiger partial charge in [-0.3, -0.25) is 0 Å². The first-order valence-corrected chi connectivity index (χ1v) is 4.49. The minimum Gasteiger partial charge on any atom is -0.327 e. The standard InChI is InChI=1S/C10H10F3N/c11-7-4-9(13)8(12)3-6(7)5-1-2-10(5)14/h3-5,10H,1-2,14H2. The second-order valence-corrected chi connectivity index (χ2v) is 3.64. The van der Waals surface area contributed by atoms with Crippen LogP contribution < -0.4 is 5.73 Å². The summed E-state index contributed by atoms with van der Waals surface area (Å²) in [5.74, 6) is -3.03. The van der Waals surface area contributed by atoms with Gasteiger partial charge in [0.05, 0.1) is 0 Å². The lowest BCUT2D eigenvalue weighted by molar-refractivity contribution is 0.334. The quantitative estimate of drug-likeness (QED) is 0.693. The maximum atomic E-state index is 13.2. The van der Waals surface area contributed by atoms with Gasteiger partial charge >= 0.3 is 0 Å². The van der Waals surface area contributed by atoms with Crippen LogP contribution in [-0.2, 0) is 0 Å². The third kappa shape index (κ3) is 1.39. The minimum atomic E-state index is -1.15. The van der Waals surface area contributed by atoms with Crippen LogP contribution in [0.15, 0.2) is 12.1 Å². The van der Waals surface area contributed by atoms with Crippen molar-refractivity contribution < 1.29 is 13.2 Å². The Morgan fingerprint density at radius 2 is 1.64 bits per heavy atom. The van der Waals surface area contributed by atoms with E-state index in [1.807, 2.05) is 0 Å². The average molecular weight is 201 g/mol. The Balaban J connectivity index is 2.38. The lowest BCUT2D eigenvalue weighted by atomic mass is 9.75. The van der Waals surface area contributed by atoms with Gasteiger partial charge in [-0.2, -0.15) is 0 Å². The van der Waals surface area contributed by atoms with Crippen molar-refractivity contribution in [3.63, 3.8) is 0 Å². The van der Waals surface area contributed by atoms with E-state index < -0.39 is 17.5 Å². The fourth-order valence-electron chi connectivity index (χ4n) is 1.73. The van der Waals surface area contributed by atoms with Crippen LogP contribution in [0, 0.1) is 17.5 Å². The zero-order chi connectivity index (χ0) is 10.3. The molecule has 2 rings (SSSR count). The summed E-state index contributed by atoms with van der Waals surface area (Å²) in [5.41, 5.74) is 5.83. The third-order valence-corrected chi connectivity index (χ3v) is 2.77. The number of benzene rings is 1. The fourth-order valence-corrected chi connectivity index (χ4v) is 1.73. The molecule has 4 heteroatoms. The summed E-state index contributed by atoms with van der Waals surface area (Å²) >= 11 is 0. The maximum Gasteiger partial charge on any atom is 0.161 e. The first-order chi connectivity index (χ1) is 6.59. The molecule has 0 bridgehead atoms. The number of hydrogen-bond acceptors (Lipinski definition) is 1. The molecular weight excluding hydrogens is 191 g/mol. The first-order valence-electron chi connectivity index (χ1n) is 4.49. The Morgan fingerprint density at radius 3 is 2.14 bits per heavy atom. The minimum absolute atomic E-state index is 0.130. The molecule has 1 aliphatic rings. The molecule has 1 aliphatic carbocycles. The van der Waals surface area contributed by atoms with Gasteiger partial charge < -0.3 is 5.73 Å². The number of hydrogen-bond donors (Lipinski definition) is 1. The van der Waals surface area contributed by atoms with E-state index in [1.54, 1.807) is 0 Å². The van der Waals surface area contributed by atoms with Gasteiger partial charge in [-0.1, -0.05) is 0 Å². The van der Waals surface area contributed by atoms with E-state index in [4.69, 9.17) is 5.73 Å². The highest BCUT2D eigenvalue weighted by Gasteiger charge is 2.31. The van der Waals surface area contributed by atoms with E-state index in [0.29, 0.717) is 6.07 Å². The van der Waals surface area contributed by atoms with Crippen LogP contribution in [0.2, 0.25) is 0 Å². The van der Waals surface area contributed by atoms with Crippen LogP contribution in [0.4, 0.5) is 13.2 Å². The van der Waals surface area contributed by atoms with E-state index in [2.05, 4.69) is 0 Å². The molecule has 1 aromatic rings. The molecule has 0 aliphatic heterocycles. The predicted octanol–water partition coefficient (Wildman–Crippen LogP) is 2.31. The van der Waals surface area contributed by atoms with Gasteiger partial charge in [-0.25, -0.2) is 13.2 Å². The van der Waals surface area contributed by atoms with Crippen molar-refractivity contribution >= 4 is 0 Å². The largest absolute Gasteiger partial charge is 0.327 e. The Labute approximate surface area is 79.7 Å². The van der Waals surface area contributed by atoms with Crippen molar-refractivity contribution in [3.05, 3.63) is 35.1 Å². The van der Waals surface area contributed by atoms with Gasteiger partial charge in [0.2, 0.25) is 0 Å². The molecule has 2 atom stereocenters. The Morgan fingerprint density at radius 1 is 1.00 bits per heavy atom. The second kappa shape index (κ2) is 3.28. The zero-order valence-electron chi connectivity index (χ0n) is 7.43. The second-order valence-electron chi connectivity index (χ2n) is 3.64. The van der Waals surface area contributed by atoms with Gasteiger partial charge in [0, 0.05) is 18.0 Å². The summed E-state index contributed by atoms with van der Waals surface area (Å²) in [4.78, 5) is 0. The predicted molar refractivity (Wildman–Crippen MR) is 46.3 cm³/mol. The number of halogens is 3. The molecule has 2 N–H and O–H groups in total. The summed E-state index contributed by atoms with van der Waals surface area (Å²) in [6, 6.07) is 1.36. The maximum absolute atomic E-state index is 13.2. The summed E-state index contributed by atoms with van der Waals surface area (Å²) < 4.78 is 38.6. The van der Waals surface area contributed by atoms with Crippen molar-refractivity contribution in [3.8, 4) is 0 Å². The van der Waals surface area contributed by atoms with Crippen molar-refractivity contribution in [2.24, 2.45) is 5.73 Å². The molecule has 0 spiro atoms. The number of rotatable bonds is 1. The van der Waals surface area contributed by atoms with Gasteiger partial charge in [-0.05, 0) is 24.5 Å². The highest BCUT2D eigenvalue weighted by Crippen LogP contribution is 2.37. The first kappa shape index (κ1) is 9.52. The van der Waals surface area contributed by atoms with Crippen LogP contribution in [0.5, 0.6) is 0 Å². The van der Waals surface area contributed by atoms with E-state index in [-0.39, 0.29) is 17.5 Å². The van der Waals surface area contributed by atoms with Crippen LogP contribution in [-0.4, -0.2) is 6.04 Å². The molecule has 0 aromatic heterocycles. The average Bonchev–Trinajstić information content (AvgIpc) is 2.12. The van der Waals surface area contributed by atoms with Gasteiger partial charge in [0.15, 0.2) is 11.6 Å². The lowest BCUT2D eigenvalue weighted by Crippen LogP contribution is -2.37. The van der Waals surface area contributed by atoms with Crippen molar-refractivity contribution in [2.75, 3.05) is 0 Å². The smallest absolute Gasteiger partial charge is 0.161 e. The third-order valence-electron chi connectivity index (χ3n) is 2.77. The molecule has 0 radical (unpaired) electrons. The highest BCUT2D eigenvalue weighted by molar-refractivity contribution is 5.27. The lowest BCUT2D eigenvalue weighted by Gasteiger charge is -2.34. The zero-order valence-corrected chi connectivity index (χ0v) is 7.43. The Hall–Kier alpha value is -1.03. The molecule has 1 aromatic carbocycles. The van der Waals surface area contributed by atoms with Crippen LogP contribution in [0.1, 0.15) is 24.3 Å². The van der Waals surface area contributed by atoms with Crippen LogP contribution in [0.3, 0.4) is 0 Å². The molecule has 14 heavy (non-hydrogen) atoms. The highest BCUT2D eigenvalue weighted by atomic mass is 19.2. The van der Waals surface area contributed by atoms with Gasteiger partial charge in [-0.15, -0.1) is 0 Å². The molecule has 0 amide bonds. The number of nitrogens with two attached hydrogens (primary N) is 1. The SMILES string of the molecule is NC1CCC1c1cc(F)c(F)cc1F. The molecule has 0 saturated heterocycles. The van der Waals surface area contributed by atoms with Crippen LogP contribution >= 0.6 is 0 Å². The Bertz CT molecular complexity index is 365. The summed E-state index contributed by atoms with van der Waals surface area (Å²) in [5, 5.41) is 0. The summed E-state index contributed by atoms with van der Waals surface area (Å²) in [6.45, 7) is 0. The van der Waals surface area contributed by atoms with Gasteiger partial charge in [0.1, 0.15) is 5.82 Å². The fraction of sp³-hybridized carbons (Fsp3) is 0.400. The molecular formula is C10H10F3N. The Kier molecular flexibility index (Phi) is 2.23. The monoisotopic (exact) mass is 201 g/mol. The summed E-state index contributed by atoms with van der Waals surface area (Å²) in [6.07, 6.45) is 1.55. The normalized spacial score (nSPS) is 26.0. The molecule has 1 fully saturated rings. The van der Waals surface area contributed by atoms with Crippen molar-refractivity contribution in [1.29, 1.82) is 0 Å². The van der Waals surface area contributed by atoms with Crippen molar-refractivity contribution in [2.45, 2.75) is 24.8 Å². The van der Waals surface area contributed by atoms with Crippen molar-refractivity contribution in [1.82, 2.24) is 0 Å². The van der Waals surface area contributed by atoms with Crippen LogP contribution in [0.25, 0.3) is 0 Å². The molecule has 0 heterocycles. The van der Waals surface area contributed by atoms with E-state index in [0.717, 1.165) is 18.9 Å². The van der Waals surface area contributed by atoms with E-state index in [9.17, 15) is 13.2 Å². The van der Waals surface area contributed by atoms with E-state index in [1.165, 1.54) is 0 Å². The molecule has 76 valence electrons. The topological polar surface area (TPSA) is 26.0 Å². The summed E-state index contributed by atoms with van der Waals surface area (Å²) in [7, 11) is 0. The van der Waals surface area contributed by atoms with Gasteiger partial charge in [0.25, 0.3) is 0 Å². The molecule has 2 unspecified atom stereocenters. The molecule has 1 nitrogen and oxygen atoms in total.